The van der Waals surface area contributed by atoms with Crippen LogP contribution in [-0.2, 0) is 28.5 Å². The Morgan fingerprint density at radius 1 is 0.970 bits per heavy atom. The van der Waals surface area contributed by atoms with E-state index in [0.717, 1.165) is 6.26 Å². The molecule has 2 saturated heterocycles. The molecule has 1 spiro atoms. The zero-order valence-corrected chi connectivity index (χ0v) is 20.1. The second-order valence-electron chi connectivity index (χ2n) is 7.38. The molecule has 2 aliphatic rings. The van der Waals surface area contributed by atoms with Gasteiger partial charge in [-0.2, -0.15) is 8.42 Å². The molecule has 0 amide bonds. The lowest BCUT2D eigenvalue weighted by Crippen LogP contribution is -2.46. The van der Waals surface area contributed by atoms with Gasteiger partial charge >= 0.3 is 11.9 Å². The van der Waals surface area contributed by atoms with Gasteiger partial charge in [0.25, 0.3) is 10.1 Å². The third-order valence-electron chi connectivity index (χ3n) is 4.99. The summed E-state index contributed by atoms with van der Waals surface area (Å²) in [4.78, 5) is 25.3. The lowest BCUT2D eigenvalue weighted by molar-refractivity contribution is -0.0946. The molecule has 0 aliphatic carbocycles. The monoisotopic (exact) mass is 510 g/mol. The highest BCUT2D eigenvalue weighted by Crippen LogP contribution is 2.56. The highest BCUT2D eigenvalue weighted by molar-refractivity contribution is 8.21. The molecule has 2 aromatic carbocycles. The molecule has 33 heavy (non-hydrogen) atoms. The maximum atomic E-state index is 12.9. The summed E-state index contributed by atoms with van der Waals surface area (Å²) in [5.74, 6) is 0.220. The average molecular weight is 511 g/mol. The summed E-state index contributed by atoms with van der Waals surface area (Å²) in [5.41, 5.74) is 0.699. The maximum absolute atomic E-state index is 12.9. The number of hydrogen-bond donors (Lipinski definition) is 0. The van der Waals surface area contributed by atoms with E-state index in [9.17, 15) is 18.0 Å². The Balaban J connectivity index is 1.59. The van der Waals surface area contributed by atoms with Crippen molar-refractivity contribution in [1.29, 1.82) is 0 Å². The molecule has 4 rings (SSSR count). The van der Waals surface area contributed by atoms with Gasteiger partial charge < -0.3 is 14.2 Å². The molecule has 0 radical (unpaired) electrons. The molecule has 0 saturated carbocycles. The van der Waals surface area contributed by atoms with E-state index in [4.69, 9.17) is 18.4 Å². The first-order valence-electron chi connectivity index (χ1n) is 10.1. The quantitative estimate of drug-likeness (QED) is 0.408. The molecule has 0 aromatic heterocycles. The summed E-state index contributed by atoms with van der Waals surface area (Å²) >= 11 is 2.82. The first-order valence-corrected chi connectivity index (χ1v) is 13.9. The number of esters is 2. The Hall–Kier alpha value is -2.05. The van der Waals surface area contributed by atoms with Gasteiger partial charge in [-0.25, -0.2) is 13.8 Å². The molecule has 0 bridgehead atoms. The smallest absolute Gasteiger partial charge is 0.338 e. The molecule has 8 nitrogen and oxygen atoms in total. The Labute approximate surface area is 200 Å². The van der Waals surface area contributed by atoms with Gasteiger partial charge in [0.05, 0.1) is 17.4 Å². The Kier molecular flexibility index (Phi) is 7.34. The van der Waals surface area contributed by atoms with Gasteiger partial charge in [0, 0.05) is 11.5 Å². The third kappa shape index (κ3) is 5.55. The van der Waals surface area contributed by atoms with Crippen molar-refractivity contribution in [2.45, 2.75) is 22.6 Å². The average Bonchev–Trinajstić information content (AvgIpc) is 3.39. The molecule has 2 heterocycles. The van der Waals surface area contributed by atoms with Crippen LogP contribution in [0.25, 0.3) is 0 Å². The van der Waals surface area contributed by atoms with Crippen LogP contribution in [0.5, 0.6) is 0 Å². The first-order chi connectivity index (χ1) is 15.8. The normalized spacial score (nSPS) is 24.0. The molecule has 2 fully saturated rings. The molecular weight excluding hydrogens is 488 g/mol. The number of thioether (sulfide) groups is 2. The second-order valence-corrected chi connectivity index (χ2v) is 12.0. The van der Waals surface area contributed by atoms with E-state index in [0.29, 0.717) is 22.6 Å². The Bertz CT molecular complexity index is 1090. The summed E-state index contributed by atoms with van der Waals surface area (Å²) in [5, 5.41) is 0. The maximum Gasteiger partial charge on any atom is 0.338 e. The van der Waals surface area contributed by atoms with Gasteiger partial charge in [-0.15, -0.1) is 23.5 Å². The lowest BCUT2D eigenvalue weighted by atomic mass is 10.1. The summed E-state index contributed by atoms with van der Waals surface area (Å²) in [6.07, 6.45) is -2.12. The van der Waals surface area contributed by atoms with Crippen molar-refractivity contribution in [2.24, 2.45) is 0 Å². The molecule has 2 aromatic rings. The zero-order valence-electron chi connectivity index (χ0n) is 17.6. The van der Waals surface area contributed by atoms with Crippen molar-refractivity contribution in [3.8, 4) is 0 Å². The van der Waals surface area contributed by atoms with Crippen molar-refractivity contribution < 1.29 is 36.4 Å². The van der Waals surface area contributed by atoms with E-state index >= 15 is 0 Å². The standard InChI is InChI=1S/C22H22O8S3/c1-33(25,26)30-21-22(31-12-13-32-22)18(29-20(24)16-10-6-3-7-11-16)17(28-21)14-27-19(23)15-8-4-2-5-9-15/h2-11,17-18,21H,12-14H2,1H3/t17-,18-,21?/m1/s1. The summed E-state index contributed by atoms with van der Waals surface area (Å²) < 4.78 is 45.3. The largest absolute Gasteiger partial charge is 0.459 e. The van der Waals surface area contributed by atoms with Crippen LogP contribution in [-0.4, -0.2) is 67.3 Å². The number of rotatable bonds is 7. The predicted octanol–water partition coefficient (Wildman–Crippen LogP) is 2.95. The highest BCUT2D eigenvalue weighted by atomic mass is 32.2. The van der Waals surface area contributed by atoms with E-state index in [1.54, 1.807) is 60.7 Å². The number of carbonyl (C=O) groups excluding carboxylic acids is 2. The van der Waals surface area contributed by atoms with E-state index in [-0.39, 0.29) is 6.61 Å². The van der Waals surface area contributed by atoms with Gasteiger partial charge in [0.15, 0.2) is 10.2 Å². The molecule has 0 N–H and O–H groups in total. The summed E-state index contributed by atoms with van der Waals surface area (Å²) in [7, 11) is -3.87. The fraction of sp³-hybridized carbons (Fsp3) is 0.364. The lowest BCUT2D eigenvalue weighted by Gasteiger charge is -2.31. The van der Waals surface area contributed by atoms with Crippen LogP contribution in [0.2, 0.25) is 0 Å². The van der Waals surface area contributed by atoms with E-state index in [1.807, 2.05) is 0 Å². The number of carbonyl (C=O) groups is 2. The van der Waals surface area contributed by atoms with Crippen molar-refractivity contribution in [3.63, 3.8) is 0 Å². The first kappa shape index (κ1) is 24.1. The van der Waals surface area contributed by atoms with Crippen LogP contribution < -0.4 is 0 Å². The Morgan fingerprint density at radius 3 is 2.06 bits per heavy atom. The van der Waals surface area contributed by atoms with E-state index in [2.05, 4.69) is 0 Å². The predicted molar refractivity (Wildman–Crippen MR) is 125 cm³/mol. The summed E-state index contributed by atoms with van der Waals surface area (Å²) in [6.45, 7) is -0.243. The fourth-order valence-corrected chi connectivity index (χ4v) is 7.55. The van der Waals surface area contributed by atoms with E-state index < -0.39 is 44.6 Å². The van der Waals surface area contributed by atoms with Crippen LogP contribution in [0.4, 0.5) is 0 Å². The molecule has 11 heteroatoms. The van der Waals surface area contributed by atoms with Gasteiger partial charge in [0.2, 0.25) is 6.29 Å². The zero-order chi connectivity index (χ0) is 23.5. The van der Waals surface area contributed by atoms with Gasteiger partial charge in [0.1, 0.15) is 12.7 Å². The minimum atomic E-state index is -3.87. The summed E-state index contributed by atoms with van der Waals surface area (Å²) in [6, 6.07) is 16.9. The topological polar surface area (TPSA) is 105 Å². The SMILES string of the molecule is CS(=O)(=O)OC1O[C@H](COC(=O)c2ccccc2)[C@@H](OC(=O)c2ccccc2)C12SCCS2. The molecule has 2 aliphatic heterocycles. The third-order valence-corrected chi connectivity index (χ3v) is 9.05. The van der Waals surface area contributed by atoms with Crippen LogP contribution in [0, 0.1) is 0 Å². The minimum absolute atomic E-state index is 0.243. The molecular formula is C22H22O8S3. The number of benzene rings is 2. The minimum Gasteiger partial charge on any atom is -0.459 e. The van der Waals surface area contributed by atoms with Gasteiger partial charge in [-0.05, 0) is 24.3 Å². The molecule has 1 unspecified atom stereocenters. The van der Waals surface area contributed by atoms with Crippen molar-refractivity contribution >= 4 is 45.6 Å². The molecule has 3 atom stereocenters. The van der Waals surface area contributed by atoms with Gasteiger partial charge in [-0.3, -0.25) is 0 Å². The van der Waals surface area contributed by atoms with Gasteiger partial charge in [-0.1, -0.05) is 36.4 Å². The van der Waals surface area contributed by atoms with Crippen LogP contribution in [0.15, 0.2) is 60.7 Å². The van der Waals surface area contributed by atoms with E-state index in [1.165, 1.54) is 23.5 Å². The van der Waals surface area contributed by atoms with Crippen molar-refractivity contribution in [3.05, 3.63) is 71.8 Å². The van der Waals surface area contributed by atoms with Crippen molar-refractivity contribution in [1.82, 2.24) is 0 Å². The Morgan fingerprint density at radius 2 is 1.52 bits per heavy atom. The number of ether oxygens (including phenoxy) is 3. The molecule has 176 valence electrons. The van der Waals surface area contributed by atoms with Crippen LogP contribution >= 0.6 is 23.5 Å². The fourth-order valence-electron chi connectivity index (χ4n) is 3.57. The van der Waals surface area contributed by atoms with Crippen LogP contribution in [0.1, 0.15) is 20.7 Å². The number of hydrogen-bond acceptors (Lipinski definition) is 10. The van der Waals surface area contributed by atoms with Crippen molar-refractivity contribution in [2.75, 3.05) is 24.4 Å². The second kappa shape index (κ2) is 10.1. The highest BCUT2D eigenvalue weighted by Gasteiger charge is 2.63. The van der Waals surface area contributed by atoms with Crippen LogP contribution in [0.3, 0.4) is 0 Å².